The highest BCUT2D eigenvalue weighted by molar-refractivity contribution is 7.10. The maximum absolute atomic E-state index is 14.2. The van der Waals surface area contributed by atoms with Crippen molar-refractivity contribution in [2.75, 3.05) is 39.8 Å². The van der Waals surface area contributed by atoms with Gasteiger partial charge in [0.15, 0.2) is 0 Å². The molecule has 1 saturated carbocycles. The van der Waals surface area contributed by atoms with Gasteiger partial charge in [-0.1, -0.05) is 55.6 Å². The Balaban J connectivity index is 0.931. The molecule has 0 bridgehead atoms. The highest BCUT2D eigenvalue weighted by Gasteiger charge is 2.41. The van der Waals surface area contributed by atoms with E-state index < -0.39 is 24.2 Å². The van der Waals surface area contributed by atoms with Gasteiger partial charge in [-0.3, -0.25) is 19.2 Å². The van der Waals surface area contributed by atoms with Gasteiger partial charge in [-0.25, -0.2) is 4.98 Å². The van der Waals surface area contributed by atoms with Gasteiger partial charge in [-0.2, -0.15) is 18.2 Å². The van der Waals surface area contributed by atoms with Crippen LogP contribution >= 0.6 is 11.3 Å². The molecule has 0 radical (unpaired) electrons. The van der Waals surface area contributed by atoms with Crippen molar-refractivity contribution in [3.05, 3.63) is 81.6 Å². The third-order valence-corrected chi connectivity index (χ3v) is 12.9. The van der Waals surface area contributed by atoms with Crippen LogP contribution in [0.1, 0.15) is 128 Å². The molecule has 1 aliphatic carbocycles. The summed E-state index contributed by atoms with van der Waals surface area (Å²) in [6.07, 6.45) is 4.52. The number of nitrogens with zero attached hydrogens (tertiary/aromatic N) is 5. The molecular formula is C46H59F3N8O6S. The number of benzene rings is 2. The summed E-state index contributed by atoms with van der Waals surface area (Å²) in [5, 5.41) is 14.9. The highest BCUT2D eigenvalue weighted by Crippen LogP contribution is 2.37. The molecule has 1 saturated heterocycles. The fraction of sp³-hybridized carbons (Fsp3) is 0.543. The largest absolute Gasteiger partial charge is 0.494 e. The maximum Gasteiger partial charge on any atom is 0.471 e. The zero-order valence-corrected chi connectivity index (χ0v) is 37.7. The van der Waals surface area contributed by atoms with E-state index in [-0.39, 0.29) is 47.3 Å². The molecule has 2 aromatic carbocycles. The zero-order valence-electron chi connectivity index (χ0n) is 36.9. The Morgan fingerprint density at radius 2 is 1.72 bits per heavy atom. The van der Waals surface area contributed by atoms with Crippen LogP contribution in [0.25, 0.3) is 11.4 Å². The molecule has 2 aliphatic rings. The summed E-state index contributed by atoms with van der Waals surface area (Å²) in [6.45, 7) is 9.09. The van der Waals surface area contributed by atoms with E-state index in [0.29, 0.717) is 47.8 Å². The first kappa shape index (κ1) is 48.3. The molecule has 14 nitrogen and oxygen atoms in total. The lowest BCUT2D eigenvalue weighted by atomic mass is 9.83. The minimum Gasteiger partial charge on any atom is -0.494 e. The molecule has 2 aromatic heterocycles. The van der Waals surface area contributed by atoms with Crippen LogP contribution in [0, 0.1) is 5.92 Å². The third-order valence-electron chi connectivity index (χ3n) is 12.0. The van der Waals surface area contributed by atoms with Crippen molar-refractivity contribution in [1.82, 2.24) is 40.9 Å². The Kier molecular flexibility index (Phi) is 17.1. The average molecular weight is 909 g/mol. The standard InChI is InChI=1S/C46H59F3N8O6S/c1-5-56(27-29(2)51-42(60)33-21-19-32(20-22-33)40-54-45(63-55-40)46(47,48)49)23-10-7-11-25-62-35-17-12-16-34(26-35)39(58)36-28-64-43(52-36)37-18-13-24-57(37)44(61)38(31-14-8-6-9-15-31)53-41(59)30(3)50-4/h12,16-17,19-22,26,28-31,37-38,50H,5-11,13-15,18,23-25,27H2,1-4H3,(H,51,60)(H,53,59). The Bertz CT molecular complexity index is 2180. The fourth-order valence-corrected chi connectivity index (χ4v) is 9.24. The van der Waals surface area contributed by atoms with Crippen molar-refractivity contribution in [3.63, 3.8) is 0 Å². The van der Waals surface area contributed by atoms with Gasteiger partial charge >= 0.3 is 12.1 Å². The summed E-state index contributed by atoms with van der Waals surface area (Å²) in [7, 11) is 1.73. The Morgan fingerprint density at radius 3 is 2.42 bits per heavy atom. The van der Waals surface area contributed by atoms with E-state index in [1.54, 1.807) is 37.6 Å². The number of hydrogen-bond acceptors (Lipinski definition) is 12. The molecule has 3 heterocycles. The Labute approximate surface area is 376 Å². The summed E-state index contributed by atoms with van der Waals surface area (Å²) in [5.41, 5.74) is 1.45. The molecule has 4 aromatic rings. The smallest absolute Gasteiger partial charge is 0.471 e. The number of likely N-dealkylation sites (tertiary alicyclic amines) is 1. The molecule has 4 unspecified atom stereocenters. The van der Waals surface area contributed by atoms with Crippen molar-refractivity contribution < 1.29 is 41.6 Å². The predicted molar refractivity (Wildman–Crippen MR) is 236 cm³/mol. The van der Waals surface area contributed by atoms with Crippen LogP contribution in [0.5, 0.6) is 5.75 Å². The van der Waals surface area contributed by atoms with Crippen LogP contribution in [0.4, 0.5) is 13.2 Å². The number of thiazole rings is 1. The van der Waals surface area contributed by atoms with Crippen LogP contribution < -0.4 is 20.7 Å². The molecule has 3 amide bonds. The number of carbonyl (C=O) groups is 4. The molecule has 346 valence electrons. The van der Waals surface area contributed by atoms with E-state index in [0.717, 1.165) is 82.3 Å². The lowest BCUT2D eigenvalue weighted by Crippen LogP contribution is -2.55. The number of unbranched alkanes of at least 4 members (excludes halogenated alkanes) is 2. The normalized spacial score (nSPS) is 17.2. The second kappa shape index (κ2) is 22.6. The average Bonchev–Trinajstić information content (AvgIpc) is 4.11. The monoisotopic (exact) mass is 908 g/mol. The molecule has 64 heavy (non-hydrogen) atoms. The first-order valence-corrected chi connectivity index (χ1v) is 23.2. The van der Waals surface area contributed by atoms with Crippen LogP contribution in [0.2, 0.25) is 0 Å². The van der Waals surface area contributed by atoms with Crippen molar-refractivity contribution in [3.8, 4) is 17.1 Å². The van der Waals surface area contributed by atoms with Gasteiger partial charge in [0.2, 0.25) is 23.4 Å². The number of nitrogens with one attached hydrogen (secondary N) is 3. The topological polar surface area (TPSA) is 172 Å². The number of halogens is 3. The summed E-state index contributed by atoms with van der Waals surface area (Å²) in [6, 6.07) is 11.6. The van der Waals surface area contributed by atoms with Crippen molar-refractivity contribution in [1.29, 1.82) is 0 Å². The molecule has 6 rings (SSSR count). The van der Waals surface area contributed by atoms with Gasteiger partial charge in [-0.05, 0) is 109 Å². The van der Waals surface area contributed by atoms with Crippen LogP contribution in [-0.2, 0) is 15.8 Å². The van der Waals surface area contributed by atoms with Gasteiger partial charge in [0.1, 0.15) is 22.5 Å². The number of ketones is 1. The molecular weight excluding hydrogens is 850 g/mol. The summed E-state index contributed by atoms with van der Waals surface area (Å²) in [4.78, 5) is 66.0. The minimum atomic E-state index is -4.74. The predicted octanol–water partition coefficient (Wildman–Crippen LogP) is 7.47. The van der Waals surface area contributed by atoms with Gasteiger partial charge in [0.05, 0.1) is 18.7 Å². The SMILES string of the molecule is CCN(CCCCCOc1cccc(C(=O)c2csc(C3CCCN3C(=O)C(NC(=O)C(C)NC)C3CCCCC3)n2)c1)CC(C)NC(=O)c1ccc(-c2noc(C(F)(F)F)n2)cc1. The fourth-order valence-electron chi connectivity index (χ4n) is 8.29. The van der Waals surface area contributed by atoms with Crippen LogP contribution in [0.3, 0.4) is 0 Å². The van der Waals surface area contributed by atoms with Crippen LogP contribution in [-0.4, -0.2) is 106 Å². The number of likely N-dealkylation sites (N-methyl/N-ethyl adjacent to an activating group) is 2. The van der Waals surface area contributed by atoms with E-state index in [2.05, 4.69) is 42.4 Å². The Hall–Kier alpha value is -5.20. The molecule has 3 N–H and O–H groups in total. The van der Waals surface area contributed by atoms with Gasteiger partial charge < -0.3 is 35.0 Å². The van der Waals surface area contributed by atoms with E-state index >= 15 is 0 Å². The summed E-state index contributed by atoms with van der Waals surface area (Å²) in [5.74, 6) is -1.73. The number of aromatic nitrogens is 3. The number of carbonyl (C=O) groups excluding carboxylic acids is 4. The minimum absolute atomic E-state index is 0.0670. The number of amides is 3. The number of hydrogen-bond donors (Lipinski definition) is 3. The van der Waals surface area contributed by atoms with Gasteiger partial charge in [-0.15, -0.1) is 11.3 Å². The van der Waals surface area contributed by atoms with E-state index in [1.165, 1.54) is 35.6 Å². The maximum atomic E-state index is 14.2. The van der Waals surface area contributed by atoms with E-state index in [4.69, 9.17) is 9.72 Å². The van der Waals surface area contributed by atoms with Crippen molar-refractivity contribution >= 4 is 34.8 Å². The molecule has 18 heteroatoms. The van der Waals surface area contributed by atoms with Gasteiger partial charge in [0, 0.05) is 41.2 Å². The van der Waals surface area contributed by atoms with E-state index in [1.807, 2.05) is 17.9 Å². The highest BCUT2D eigenvalue weighted by atomic mass is 32.1. The number of alkyl halides is 3. The molecule has 4 atom stereocenters. The molecule has 1 aliphatic heterocycles. The first-order valence-electron chi connectivity index (χ1n) is 22.3. The second-order valence-corrected chi connectivity index (χ2v) is 17.6. The quantitative estimate of drug-likeness (QED) is 0.0560. The first-order chi connectivity index (χ1) is 30.7. The third kappa shape index (κ3) is 12.7. The van der Waals surface area contributed by atoms with Gasteiger partial charge in [0.25, 0.3) is 5.91 Å². The number of rotatable bonds is 21. The lowest BCUT2D eigenvalue weighted by Gasteiger charge is -2.35. The van der Waals surface area contributed by atoms with E-state index in [9.17, 15) is 32.3 Å². The van der Waals surface area contributed by atoms with Crippen molar-refractivity contribution in [2.45, 2.75) is 115 Å². The second-order valence-electron chi connectivity index (χ2n) is 16.7. The summed E-state index contributed by atoms with van der Waals surface area (Å²) < 4.78 is 48.8. The van der Waals surface area contributed by atoms with Crippen molar-refractivity contribution in [2.24, 2.45) is 5.92 Å². The Morgan fingerprint density at radius 1 is 0.953 bits per heavy atom. The summed E-state index contributed by atoms with van der Waals surface area (Å²) >= 11 is 1.39. The van der Waals surface area contributed by atoms with Crippen LogP contribution in [0.15, 0.2) is 58.4 Å². The number of ether oxygens (including phenoxy) is 1. The zero-order chi connectivity index (χ0) is 45.8. The molecule has 2 fully saturated rings. The lowest BCUT2D eigenvalue weighted by molar-refractivity contribution is -0.159. The molecule has 0 spiro atoms.